The Balaban J connectivity index is 2.81. The van der Waals surface area contributed by atoms with E-state index in [2.05, 4.69) is 0 Å². The predicted molar refractivity (Wildman–Crippen MR) is 50.0 cm³/mol. The van der Waals surface area contributed by atoms with Crippen LogP contribution < -0.4 is 0 Å². The highest BCUT2D eigenvalue weighted by Gasteiger charge is 2.02. The second-order valence-corrected chi connectivity index (χ2v) is 4.20. The largest absolute Gasteiger partial charge is 0.481 e. The fourth-order valence-corrected chi connectivity index (χ4v) is 1.55. The van der Waals surface area contributed by atoms with E-state index in [0.717, 1.165) is 0 Å². The predicted octanol–water partition coefficient (Wildman–Crippen LogP) is 1.58. The number of halogens is 1. The van der Waals surface area contributed by atoms with E-state index < -0.39 is 16.0 Å². The minimum absolute atomic E-state index is 0.0325. The van der Waals surface area contributed by atoms with Crippen LogP contribution >= 0.6 is 10.7 Å². The van der Waals surface area contributed by atoms with Gasteiger partial charge in [-0.25, -0.2) is 4.21 Å². The van der Waals surface area contributed by atoms with Crippen LogP contribution in [0.1, 0.15) is 5.56 Å². The molecular weight excluding hydrogens is 212 g/mol. The van der Waals surface area contributed by atoms with E-state index in [0.29, 0.717) is 10.5 Å². The molecule has 1 unspecified atom stereocenters. The molecule has 1 atom stereocenters. The molecule has 1 rings (SSSR count). The van der Waals surface area contributed by atoms with Crippen LogP contribution in [-0.4, -0.2) is 15.3 Å². The fourth-order valence-electron chi connectivity index (χ4n) is 0.889. The smallest absolute Gasteiger partial charge is 0.307 e. The van der Waals surface area contributed by atoms with Crippen molar-refractivity contribution >= 4 is 26.7 Å². The highest BCUT2D eigenvalue weighted by molar-refractivity contribution is 8.08. The van der Waals surface area contributed by atoms with Crippen LogP contribution in [0.3, 0.4) is 0 Å². The summed E-state index contributed by atoms with van der Waals surface area (Å²) >= 11 is 0. The first kappa shape index (κ1) is 10.2. The number of hydrogen-bond donors (Lipinski definition) is 1. The maximum absolute atomic E-state index is 10.7. The maximum Gasteiger partial charge on any atom is 0.307 e. The maximum atomic E-state index is 10.7. The van der Waals surface area contributed by atoms with Gasteiger partial charge in [-0.2, -0.15) is 0 Å². The summed E-state index contributed by atoms with van der Waals surface area (Å²) in [4.78, 5) is 10.8. The molecule has 0 spiro atoms. The van der Waals surface area contributed by atoms with Gasteiger partial charge in [0.15, 0.2) is 0 Å². The first-order valence-electron chi connectivity index (χ1n) is 3.48. The Morgan fingerprint density at radius 2 is 1.92 bits per heavy atom. The van der Waals surface area contributed by atoms with E-state index in [1.54, 1.807) is 24.3 Å². The van der Waals surface area contributed by atoms with Crippen LogP contribution in [0.15, 0.2) is 29.2 Å². The molecule has 5 heteroatoms. The van der Waals surface area contributed by atoms with Crippen LogP contribution in [0.5, 0.6) is 0 Å². The monoisotopic (exact) mass is 218 g/mol. The quantitative estimate of drug-likeness (QED) is 0.784. The van der Waals surface area contributed by atoms with E-state index >= 15 is 0 Å². The van der Waals surface area contributed by atoms with Gasteiger partial charge in [0.05, 0.1) is 11.3 Å². The Labute approximate surface area is 82.3 Å². The van der Waals surface area contributed by atoms with Crippen molar-refractivity contribution in [3.05, 3.63) is 29.8 Å². The van der Waals surface area contributed by atoms with E-state index in [9.17, 15) is 9.00 Å². The molecule has 1 aromatic rings. The van der Waals surface area contributed by atoms with E-state index in [1.165, 1.54) is 0 Å². The molecular formula is C8H7ClO3S. The Morgan fingerprint density at radius 1 is 1.38 bits per heavy atom. The first-order valence-corrected chi connectivity index (χ1v) is 5.46. The molecule has 3 nitrogen and oxygen atoms in total. The van der Waals surface area contributed by atoms with Gasteiger partial charge in [0.2, 0.25) is 0 Å². The third-order valence-corrected chi connectivity index (χ3v) is 2.64. The molecule has 0 heterocycles. The van der Waals surface area contributed by atoms with Crippen molar-refractivity contribution in [2.24, 2.45) is 0 Å². The lowest BCUT2D eigenvalue weighted by molar-refractivity contribution is -0.136. The number of carboxylic acids is 1. The van der Waals surface area contributed by atoms with Crippen molar-refractivity contribution in [3.63, 3.8) is 0 Å². The normalized spacial score (nSPS) is 12.4. The SMILES string of the molecule is O=C(O)Cc1ccc(S(=O)Cl)cc1. The number of carbonyl (C=O) groups is 1. The summed E-state index contributed by atoms with van der Waals surface area (Å²) in [7, 11) is 3.79. The zero-order valence-electron chi connectivity index (χ0n) is 6.57. The summed E-state index contributed by atoms with van der Waals surface area (Å²) in [5, 5.41) is 8.46. The van der Waals surface area contributed by atoms with Gasteiger partial charge in [-0.05, 0) is 28.4 Å². The van der Waals surface area contributed by atoms with Gasteiger partial charge in [-0.3, -0.25) is 4.79 Å². The lowest BCUT2D eigenvalue weighted by Gasteiger charge is -1.97. The van der Waals surface area contributed by atoms with E-state index in [4.69, 9.17) is 15.8 Å². The van der Waals surface area contributed by atoms with Crippen molar-refractivity contribution in [2.75, 3.05) is 0 Å². The number of hydrogen-bond acceptors (Lipinski definition) is 2. The molecule has 0 bridgehead atoms. The molecule has 0 aliphatic heterocycles. The minimum atomic E-state index is -1.53. The molecule has 0 radical (unpaired) electrons. The lowest BCUT2D eigenvalue weighted by atomic mass is 10.2. The average Bonchev–Trinajstić information content (AvgIpc) is 2.04. The number of aliphatic carboxylic acids is 1. The molecule has 0 aliphatic rings. The van der Waals surface area contributed by atoms with E-state index in [1.807, 2.05) is 0 Å². The molecule has 0 aliphatic carbocycles. The van der Waals surface area contributed by atoms with Gasteiger partial charge >= 0.3 is 5.97 Å². The van der Waals surface area contributed by atoms with Crippen LogP contribution in [0.25, 0.3) is 0 Å². The summed E-state index contributed by atoms with van der Waals surface area (Å²) in [6.07, 6.45) is -0.0325. The van der Waals surface area contributed by atoms with Crippen molar-refractivity contribution in [1.82, 2.24) is 0 Å². The molecule has 1 N–H and O–H groups in total. The Bertz CT molecular complexity index is 334. The third-order valence-electron chi connectivity index (χ3n) is 1.46. The molecule has 1 aromatic carbocycles. The summed E-state index contributed by atoms with van der Waals surface area (Å²) in [5.74, 6) is -0.889. The summed E-state index contributed by atoms with van der Waals surface area (Å²) in [6.45, 7) is 0. The second kappa shape index (κ2) is 4.39. The molecule has 0 saturated heterocycles. The summed E-state index contributed by atoms with van der Waals surface area (Å²) in [6, 6.07) is 6.32. The topological polar surface area (TPSA) is 54.4 Å². The van der Waals surface area contributed by atoms with Gasteiger partial charge in [-0.1, -0.05) is 12.1 Å². The number of benzene rings is 1. The Morgan fingerprint density at radius 3 is 2.31 bits per heavy atom. The highest BCUT2D eigenvalue weighted by Crippen LogP contribution is 2.11. The average molecular weight is 219 g/mol. The summed E-state index contributed by atoms with van der Waals surface area (Å²) < 4.78 is 10.7. The van der Waals surface area contributed by atoms with Crippen molar-refractivity contribution in [1.29, 1.82) is 0 Å². The molecule has 70 valence electrons. The van der Waals surface area contributed by atoms with Crippen LogP contribution in [0.4, 0.5) is 0 Å². The van der Waals surface area contributed by atoms with Gasteiger partial charge in [0, 0.05) is 0 Å². The number of rotatable bonds is 3. The summed E-state index contributed by atoms with van der Waals surface area (Å²) in [5.41, 5.74) is 0.665. The van der Waals surface area contributed by atoms with E-state index in [-0.39, 0.29) is 6.42 Å². The minimum Gasteiger partial charge on any atom is -0.481 e. The van der Waals surface area contributed by atoms with Gasteiger partial charge < -0.3 is 5.11 Å². The fraction of sp³-hybridized carbons (Fsp3) is 0.125. The van der Waals surface area contributed by atoms with Crippen molar-refractivity contribution < 1.29 is 14.1 Å². The highest BCUT2D eigenvalue weighted by atomic mass is 35.7. The first-order chi connectivity index (χ1) is 6.09. The molecule has 0 fully saturated rings. The van der Waals surface area contributed by atoms with Gasteiger partial charge in [0.1, 0.15) is 10.0 Å². The molecule has 0 saturated carbocycles. The lowest BCUT2D eigenvalue weighted by Crippen LogP contribution is -1.99. The van der Waals surface area contributed by atoms with Crippen LogP contribution in [-0.2, 0) is 21.2 Å². The third kappa shape index (κ3) is 3.16. The van der Waals surface area contributed by atoms with Gasteiger partial charge in [-0.15, -0.1) is 0 Å². The van der Waals surface area contributed by atoms with Crippen LogP contribution in [0.2, 0.25) is 0 Å². The zero-order chi connectivity index (χ0) is 9.84. The Kier molecular flexibility index (Phi) is 3.45. The molecule has 0 amide bonds. The second-order valence-electron chi connectivity index (χ2n) is 2.44. The molecule has 0 aromatic heterocycles. The Hall–Kier alpha value is -0.870. The standard InChI is InChI=1S/C8H7ClO3S/c9-13(12)7-3-1-6(2-4-7)5-8(10)11/h1-4H,5H2,(H,10,11). The van der Waals surface area contributed by atoms with Crippen LogP contribution in [0, 0.1) is 0 Å². The molecule has 13 heavy (non-hydrogen) atoms. The van der Waals surface area contributed by atoms with Crippen molar-refractivity contribution in [3.8, 4) is 0 Å². The van der Waals surface area contributed by atoms with Crippen molar-refractivity contribution in [2.45, 2.75) is 11.3 Å². The van der Waals surface area contributed by atoms with Gasteiger partial charge in [0.25, 0.3) is 0 Å². The zero-order valence-corrected chi connectivity index (χ0v) is 8.14. The number of carboxylic acid groups (broad SMARTS) is 1.